The normalized spacial score (nSPS) is 17.5. The number of carboxylic acids is 1. The van der Waals surface area contributed by atoms with Crippen molar-refractivity contribution >= 4 is 11.9 Å². The van der Waals surface area contributed by atoms with Gasteiger partial charge in [0, 0.05) is 19.6 Å². The van der Waals surface area contributed by atoms with Crippen LogP contribution in [-0.4, -0.2) is 47.6 Å². The number of carbonyl (C=O) groups is 2. The van der Waals surface area contributed by atoms with Crippen molar-refractivity contribution in [3.05, 3.63) is 35.9 Å². The smallest absolute Gasteiger partial charge is 0.312 e. The number of likely N-dealkylation sites (tertiary alicyclic amines) is 1. The van der Waals surface area contributed by atoms with Crippen LogP contribution in [0, 0.1) is 0 Å². The molecule has 0 aromatic heterocycles. The molecular formula is C16H22N2O3. The molecule has 1 aromatic carbocycles. The highest BCUT2D eigenvalue weighted by Gasteiger charge is 2.25. The third kappa shape index (κ3) is 4.04. The van der Waals surface area contributed by atoms with Crippen LogP contribution in [0.25, 0.3) is 0 Å². The Kier molecular flexibility index (Phi) is 5.33. The summed E-state index contributed by atoms with van der Waals surface area (Å²) in [5.41, 5.74) is 0.748. The molecule has 5 nitrogen and oxygen atoms in total. The van der Waals surface area contributed by atoms with Crippen LogP contribution >= 0.6 is 0 Å². The van der Waals surface area contributed by atoms with E-state index in [1.165, 1.54) is 0 Å². The van der Waals surface area contributed by atoms with Crippen molar-refractivity contribution in [2.24, 2.45) is 0 Å². The second kappa shape index (κ2) is 7.22. The number of aliphatic carboxylic acids is 1. The number of carboxylic acid groups (broad SMARTS) is 1. The van der Waals surface area contributed by atoms with Crippen molar-refractivity contribution in [2.45, 2.75) is 31.7 Å². The highest BCUT2D eigenvalue weighted by molar-refractivity contribution is 5.82. The number of hydrogen-bond acceptors (Lipinski definition) is 3. The van der Waals surface area contributed by atoms with Gasteiger partial charge in [-0.25, -0.2) is 0 Å². The Bertz CT molecular complexity index is 484. The number of hydrogen-bond donors (Lipinski definition) is 2. The van der Waals surface area contributed by atoms with Crippen LogP contribution in [0.15, 0.2) is 30.3 Å². The second-order valence-electron chi connectivity index (χ2n) is 5.46. The molecule has 2 rings (SSSR count). The van der Waals surface area contributed by atoms with Gasteiger partial charge in [0.15, 0.2) is 0 Å². The summed E-state index contributed by atoms with van der Waals surface area (Å²) in [6, 6.07) is 8.75. The predicted molar refractivity (Wildman–Crippen MR) is 80.1 cm³/mol. The van der Waals surface area contributed by atoms with Crippen molar-refractivity contribution in [1.29, 1.82) is 0 Å². The maximum Gasteiger partial charge on any atom is 0.312 e. The predicted octanol–water partition coefficient (Wildman–Crippen LogP) is 1.46. The Hall–Kier alpha value is -1.88. The standard InChI is InChI=1S/C16H22N2O3/c1-12(15(19)18-9-5-6-10-18)17-11-14(16(20)21)13-7-3-2-4-8-13/h2-4,7-8,12,14,17H,5-6,9-11H2,1H3,(H,20,21). The van der Waals surface area contributed by atoms with Crippen LogP contribution in [0.2, 0.25) is 0 Å². The van der Waals surface area contributed by atoms with Gasteiger partial charge >= 0.3 is 5.97 Å². The summed E-state index contributed by atoms with van der Waals surface area (Å²) in [6.07, 6.45) is 2.11. The van der Waals surface area contributed by atoms with E-state index in [1.807, 2.05) is 23.1 Å². The van der Waals surface area contributed by atoms with E-state index in [1.54, 1.807) is 19.1 Å². The molecule has 0 bridgehead atoms. The molecule has 0 spiro atoms. The SMILES string of the molecule is CC(NCC(C(=O)O)c1ccccc1)C(=O)N1CCCC1. The lowest BCUT2D eigenvalue weighted by Gasteiger charge is -2.22. The maximum absolute atomic E-state index is 12.2. The van der Waals surface area contributed by atoms with Gasteiger partial charge in [0.1, 0.15) is 0 Å². The van der Waals surface area contributed by atoms with E-state index in [0.717, 1.165) is 31.5 Å². The van der Waals surface area contributed by atoms with E-state index in [-0.39, 0.29) is 18.5 Å². The molecule has 1 heterocycles. The lowest BCUT2D eigenvalue weighted by atomic mass is 9.99. The van der Waals surface area contributed by atoms with Crippen molar-refractivity contribution in [3.8, 4) is 0 Å². The number of rotatable bonds is 6. The largest absolute Gasteiger partial charge is 0.481 e. The number of benzene rings is 1. The van der Waals surface area contributed by atoms with Crippen LogP contribution in [0.1, 0.15) is 31.2 Å². The Morgan fingerprint density at radius 3 is 2.43 bits per heavy atom. The van der Waals surface area contributed by atoms with Crippen molar-refractivity contribution in [1.82, 2.24) is 10.2 Å². The molecule has 2 unspecified atom stereocenters. The van der Waals surface area contributed by atoms with Crippen LogP contribution in [0.5, 0.6) is 0 Å². The van der Waals surface area contributed by atoms with E-state index in [9.17, 15) is 14.7 Å². The topological polar surface area (TPSA) is 69.6 Å². The number of amides is 1. The van der Waals surface area contributed by atoms with Gasteiger partial charge in [0.2, 0.25) is 5.91 Å². The fraction of sp³-hybridized carbons (Fsp3) is 0.500. The summed E-state index contributed by atoms with van der Waals surface area (Å²) in [6.45, 7) is 3.67. The van der Waals surface area contributed by atoms with E-state index in [2.05, 4.69) is 5.32 Å². The van der Waals surface area contributed by atoms with Crippen LogP contribution in [-0.2, 0) is 9.59 Å². The Morgan fingerprint density at radius 1 is 1.24 bits per heavy atom. The molecule has 21 heavy (non-hydrogen) atoms. The molecular weight excluding hydrogens is 268 g/mol. The summed E-state index contributed by atoms with van der Waals surface area (Å²) < 4.78 is 0. The molecule has 1 amide bonds. The fourth-order valence-corrected chi connectivity index (χ4v) is 2.63. The molecule has 1 saturated heterocycles. The van der Waals surface area contributed by atoms with Gasteiger partial charge in [-0.1, -0.05) is 30.3 Å². The number of carbonyl (C=O) groups excluding carboxylic acids is 1. The van der Waals surface area contributed by atoms with Crippen molar-refractivity contribution < 1.29 is 14.7 Å². The molecule has 0 aliphatic carbocycles. The quantitative estimate of drug-likeness (QED) is 0.832. The minimum atomic E-state index is -0.880. The molecule has 2 N–H and O–H groups in total. The zero-order valence-corrected chi connectivity index (χ0v) is 12.3. The highest BCUT2D eigenvalue weighted by Crippen LogP contribution is 2.15. The third-order valence-electron chi connectivity index (χ3n) is 3.92. The Morgan fingerprint density at radius 2 is 1.86 bits per heavy atom. The summed E-state index contributed by atoms with van der Waals surface area (Å²) in [5, 5.41) is 12.4. The minimum absolute atomic E-state index is 0.0599. The first-order valence-corrected chi connectivity index (χ1v) is 7.39. The minimum Gasteiger partial charge on any atom is -0.481 e. The number of nitrogens with zero attached hydrogens (tertiary/aromatic N) is 1. The third-order valence-corrected chi connectivity index (χ3v) is 3.92. The van der Waals surface area contributed by atoms with Crippen LogP contribution in [0.3, 0.4) is 0 Å². The first-order chi connectivity index (χ1) is 10.1. The van der Waals surface area contributed by atoms with Crippen LogP contribution in [0.4, 0.5) is 0 Å². The Labute approximate surface area is 125 Å². The summed E-state index contributed by atoms with van der Waals surface area (Å²) in [5.74, 6) is -1.46. The molecule has 0 saturated carbocycles. The molecule has 1 fully saturated rings. The molecule has 1 aromatic rings. The van der Waals surface area contributed by atoms with E-state index >= 15 is 0 Å². The van der Waals surface area contributed by atoms with E-state index in [4.69, 9.17) is 0 Å². The zero-order valence-electron chi connectivity index (χ0n) is 12.3. The van der Waals surface area contributed by atoms with E-state index in [0.29, 0.717) is 0 Å². The van der Waals surface area contributed by atoms with Crippen molar-refractivity contribution in [2.75, 3.05) is 19.6 Å². The Balaban J connectivity index is 1.92. The maximum atomic E-state index is 12.2. The van der Waals surface area contributed by atoms with Gasteiger partial charge < -0.3 is 15.3 Å². The lowest BCUT2D eigenvalue weighted by molar-refractivity contribution is -0.139. The monoisotopic (exact) mass is 290 g/mol. The highest BCUT2D eigenvalue weighted by atomic mass is 16.4. The van der Waals surface area contributed by atoms with Crippen molar-refractivity contribution in [3.63, 3.8) is 0 Å². The van der Waals surface area contributed by atoms with Gasteiger partial charge in [-0.15, -0.1) is 0 Å². The molecule has 1 aliphatic heterocycles. The summed E-state index contributed by atoms with van der Waals surface area (Å²) >= 11 is 0. The second-order valence-corrected chi connectivity index (χ2v) is 5.46. The fourth-order valence-electron chi connectivity index (χ4n) is 2.63. The van der Waals surface area contributed by atoms with Gasteiger partial charge in [-0.3, -0.25) is 9.59 Å². The average molecular weight is 290 g/mol. The van der Waals surface area contributed by atoms with Crippen LogP contribution < -0.4 is 5.32 Å². The number of nitrogens with one attached hydrogen (secondary N) is 1. The summed E-state index contributed by atoms with van der Waals surface area (Å²) in [4.78, 5) is 25.4. The molecule has 0 radical (unpaired) electrons. The zero-order chi connectivity index (χ0) is 15.2. The first-order valence-electron chi connectivity index (χ1n) is 7.39. The molecule has 1 aliphatic rings. The molecule has 114 valence electrons. The lowest BCUT2D eigenvalue weighted by Crippen LogP contribution is -2.45. The molecule has 2 atom stereocenters. The molecule has 5 heteroatoms. The van der Waals surface area contributed by atoms with Gasteiger partial charge in [-0.2, -0.15) is 0 Å². The average Bonchev–Trinajstić information content (AvgIpc) is 3.01. The summed E-state index contributed by atoms with van der Waals surface area (Å²) in [7, 11) is 0. The van der Waals surface area contributed by atoms with E-state index < -0.39 is 11.9 Å². The van der Waals surface area contributed by atoms with Gasteiger partial charge in [-0.05, 0) is 25.3 Å². The first kappa shape index (κ1) is 15.5. The van der Waals surface area contributed by atoms with Gasteiger partial charge in [0.25, 0.3) is 0 Å². The van der Waals surface area contributed by atoms with Gasteiger partial charge in [0.05, 0.1) is 12.0 Å².